The normalized spacial score (nSPS) is 11.2. The van der Waals surface area contributed by atoms with Crippen molar-refractivity contribution in [3.63, 3.8) is 0 Å². The van der Waals surface area contributed by atoms with E-state index in [1.54, 1.807) is 0 Å². The van der Waals surface area contributed by atoms with E-state index in [-0.39, 0.29) is 0 Å². The lowest BCUT2D eigenvalue weighted by atomic mass is 9.85. The second-order valence-corrected chi connectivity index (χ2v) is 12.8. The molecule has 0 bridgehead atoms. The lowest BCUT2D eigenvalue weighted by molar-refractivity contribution is 1.20. The monoisotopic (exact) mass is 998 g/mol. The fraction of sp³-hybridized carbons (Fsp3) is 0. The van der Waals surface area contributed by atoms with Crippen molar-refractivity contribution < 1.29 is 0 Å². The summed E-state index contributed by atoms with van der Waals surface area (Å²) in [6.45, 7) is 0. The van der Waals surface area contributed by atoms with Crippen LogP contribution in [-0.4, -0.2) is 0 Å². The maximum Gasteiger partial charge on any atom is 0.0631 e. The second-order valence-electron chi connectivity index (χ2n) is 5.35. The van der Waals surface area contributed by atoms with Crippen LogP contribution in [0, 0.1) is 27.3 Å². The van der Waals surface area contributed by atoms with Crippen molar-refractivity contribution >= 4 is 136 Å². The molecule has 0 unspecified atom stereocenters. The van der Waals surface area contributed by atoms with Crippen LogP contribution in [0.5, 0.6) is 0 Å². The first kappa shape index (κ1) is 21.7. The fourth-order valence-corrected chi connectivity index (χ4v) is 8.41. The average Bonchev–Trinajstić information content (AvgIpc) is 2.44. The Kier molecular flexibility index (Phi) is 8.43. The van der Waals surface area contributed by atoms with E-state index in [0.29, 0.717) is 0 Å². The maximum absolute atomic E-state index is 2.41. The standard InChI is InChI=1S/C19H9I6/c20-13-1-10(2-14(21)7-13)19(11-3-15(22)8-16(23)4-11)12-5-17(24)9-18(25)6-12/h1-9H. The van der Waals surface area contributed by atoms with Crippen LogP contribution >= 0.6 is 136 Å². The zero-order valence-corrected chi connectivity index (χ0v) is 25.4. The topological polar surface area (TPSA) is 0 Å². The van der Waals surface area contributed by atoms with Crippen molar-refractivity contribution in [2.75, 3.05) is 0 Å². The van der Waals surface area contributed by atoms with Crippen LogP contribution in [0.4, 0.5) is 0 Å². The molecule has 0 N–H and O–H groups in total. The third-order valence-electron chi connectivity index (χ3n) is 3.45. The summed E-state index contributed by atoms with van der Waals surface area (Å²) in [5.74, 6) is 1.30. The Labute approximate surface area is 229 Å². The molecular formula is C19H9I6. The lowest BCUT2D eigenvalue weighted by Gasteiger charge is -2.20. The van der Waals surface area contributed by atoms with Gasteiger partial charge in [0.05, 0.1) is 5.92 Å². The number of benzene rings is 3. The van der Waals surface area contributed by atoms with Crippen molar-refractivity contribution in [1.29, 1.82) is 0 Å². The van der Waals surface area contributed by atoms with E-state index in [0.717, 1.165) is 0 Å². The Morgan fingerprint density at radius 3 is 0.760 bits per heavy atom. The Hall–Kier alpha value is 2.04. The minimum atomic E-state index is 1.26. The lowest BCUT2D eigenvalue weighted by Crippen LogP contribution is -2.07. The molecule has 3 aromatic rings. The summed E-state index contributed by atoms with van der Waals surface area (Å²) < 4.78 is 7.57. The van der Waals surface area contributed by atoms with Crippen molar-refractivity contribution in [2.45, 2.75) is 0 Å². The molecule has 25 heavy (non-hydrogen) atoms. The zero-order valence-electron chi connectivity index (χ0n) is 12.5. The Morgan fingerprint density at radius 2 is 0.560 bits per heavy atom. The molecule has 0 aromatic heterocycles. The predicted molar refractivity (Wildman–Crippen MR) is 156 cm³/mol. The SMILES string of the molecule is Ic1cc(I)cc([C](c2cc(I)cc(I)c2)c2cc(I)cc(I)c2)c1. The number of hydrogen-bond acceptors (Lipinski definition) is 0. The summed E-state index contributed by atoms with van der Waals surface area (Å²) >= 11 is 14.4. The van der Waals surface area contributed by atoms with E-state index < -0.39 is 0 Å². The van der Waals surface area contributed by atoms with Crippen molar-refractivity contribution in [3.05, 3.63) is 98.6 Å². The van der Waals surface area contributed by atoms with Gasteiger partial charge in [-0.05, 0) is 207 Å². The molecule has 0 atom stereocenters. The van der Waals surface area contributed by atoms with Gasteiger partial charge in [0, 0.05) is 21.4 Å². The average molecular weight is 999 g/mol. The molecule has 1 radical (unpaired) electrons. The summed E-state index contributed by atoms with van der Waals surface area (Å²) in [7, 11) is 0. The zero-order chi connectivity index (χ0) is 18.1. The highest BCUT2D eigenvalue weighted by atomic mass is 127. The summed E-state index contributed by atoms with van der Waals surface area (Å²) in [5.41, 5.74) is 3.81. The molecule has 3 aromatic carbocycles. The van der Waals surface area contributed by atoms with Gasteiger partial charge in [-0.1, -0.05) is 0 Å². The Bertz CT molecular complexity index is 752. The van der Waals surface area contributed by atoms with Gasteiger partial charge in [-0.3, -0.25) is 0 Å². The number of rotatable bonds is 3. The number of halogens is 6. The number of hydrogen-bond donors (Lipinski definition) is 0. The molecule has 0 amide bonds. The van der Waals surface area contributed by atoms with Gasteiger partial charge in [-0.15, -0.1) is 0 Å². The second kappa shape index (κ2) is 9.69. The van der Waals surface area contributed by atoms with Gasteiger partial charge in [0.2, 0.25) is 0 Å². The third-order valence-corrected chi connectivity index (χ3v) is 7.19. The Morgan fingerprint density at radius 1 is 0.360 bits per heavy atom. The van der Waals surface area contributed by atoms with Gasteiger partial charge in [0.25, 0.3) is 0 Å². The van der Waals surface area contributed by atoms with E-state index in [4.69, 9.17) is 0 Å². The van der Waals surface area contributed by atoms with Gasteiger partial charge in [-0.2, -0.15) is 0 Å². The van der Waals surface area contributed by atoms with Gasteiger partial charge >= 0.3 is 0 Å². The van der Waals surface area contributed by atoms with Crippen LogP contribution in [0.2, 0.25) is 0 Å². The first-order valence-electron chi connectivity index (χ1n) is 7.08. The van der Waals surface area contributed by atoms with Crippen LogP contribution in [0.3, 0.4) is 0 Å². The molecule has 0 aliphatic carbocycles. The molecule has 6 heteroatoms. The van der Waals surface area contributed by atoms with E-state index in [1.165, 1.54) is 44.0 Å². The van der Waals surface area contributed by atoms with Crippen LogP contribution in [0.25, 0.3) is 0 Å². The minimum absolute atomic E-state index is 1.26. The smallest absolute Gasteiger partial charge is 0.0443 e. The predicted octanol–water partition coefficient (Wildman–Crippen LogP) is 8.33. The highest BCUT2D eigenvalue weighted by molar-refractivity contribution is 14.1. The van der Waals surface area contributed by atoms with Gasteiger partial charge in [0.15, 0.2) is 0 Å². The molecule has 127 valence electrons. The van der Waals surface area contributed by atoms with Crippen molar-refractivity contribution in [3.8, 4) is 0 Å². The van der Waals surface area contributed by atoms with Crippen molar-refractivity contribution in [2.24, 2.45) is 0 Å². The maximum atomic E-state index is 2.41. The fourth-order valence-electron chi connectivity index (χ4n) is 2.59. The minimum Gasteiger partial charge on any atom is -0.0443 e. The van der Waals surface area contributed by atoms with Crippen LogP contribution in [-0.2, 0) is 0 Å². The Balaban J connectivity index is 2.27. The first-order chi connectivity index (χ1) is 11.8. The van der Waals surface area contributed by atoms with E-state index in [9.17, 15) is 0 Å². The van der Waals surface area contributed by atoms with E-state index in [1.807, 2.05) is 0 Å². The summed E-state index contributed by atoms with van der Waals surface area (Å²) in [5, 5.41) is 0. The first-order valence-corrected chi connectivity index (χ1v) is 13.6. The molecule has 0 spiro atoms. The quantitative estimate of drug-likeness (QED) is 0.183. The highest BCUT2D eigenvalue weighted by Crippen LogP contribution is 2.35. The van der Waals surface area contributed by atoms with Gasteiger partial charge < -0.3 is 0 Å². The highest BCUT2D eigenvalue weighted by Gasteiger charge is 2.20. The van der Waals surface area contributed by atoms with Gasteiger partial charge in [0.1, 0.15) is 0 Å². The summed E-state index contributed by atoms with van der Waals surface area (Å²) in [4.78, 5) is 0. The molecule has 0 aliphatic heterocycles. The molecule has 0 heterocycles. The van der Waals surface area contributed by atoms with E-state index in [2.05, 4.69) is 190 Å². The molecule has 0 saturated heterocycles. The molecule has 0 nitrogen and oxygen atoms in total. The summed E-state index contributed by atoms with van der Waals surface area (Å²) in [6, 6.07) is 20.3. The van der Waals surface area contributed by atoms with Crippen LogP contribution < -0.4 is 0 Å². The largest absolute Gasteiger partial charge is 0.0631 e. The molecular weight excluding hydrogens is 990 g/mol. The van der Waals surface area contributed by atoms with E-state index >= 15 is 0 Å². The molecule has 0 saturated carbocycles. The van der Waals surface area contributed by atoms with Crippen LogP contribution in [0.15, 0.2) is 54.6 Å². The third kappa shape index (κ3) is 6.01. The van der Waals surface area contributed by atoms with Gasteiger partial charge in [-0.25, -0.2) is 0 Å². The molecule has 0 fully saturated rings. The van der Waals surface area contributed by atoms with Crippen molar-refractivity contribution in [1.82, 2.24) is 0 Å². The molecule has 0 aliphatic rings. The summed E-state index contributed by atoms with van der Waals surface area (Å²) in [6.07, 6.45) is 0. The van der Waals surface area contributed by atoms with Crippen LogP contribution in [0.1, 0.15) is 16.7 Å². The molecule has 3 rings (SSSR count).